The largest absolute Gasteiger partial charge is 0.332 e. The van der Waals surface area contributed by atoms with E-state index in [1.165, 1.54) is 22.3 Å². The molecule has 2 N–H and O–H groups in total. The molecule has 0 aliphatic carbocycles. The van der Waals surface area contributed by atoms with E-state index in [4.69, 9.17) is 12.2 Å². The van der Waals surface area contributed by atoms with E-state index in [0.717, 1.165) is 24.2 Å². The summed E-state index contributed by atoms with van der Waals surface area (Å²) in [6.45, 7) is 8.52. The van der Waals surface area contributed by atoms with Crippen LogP contribution in [-0.4, -0.2) is 5.11 Å². The Bertz CT molecular complexity index is 655. The first kappa shape index (κ1) is 16.5. The number of rotatable bonds is 4. The number of hydrogen-bond acceptors (Lipinski definition) is 1. The second-order valence-corrected chi connectivity index (χ2v) is 5.96. The zero-order chi connectivity index (χ0) is 16.1. The lowest BCUT2D eigenvalue weighted by molar-refractivity contribution is 1.09. The molecular formula is C19H24N2S. The molecule has 2 aromatic rings. The van der Waals surface area contributed by atoms with Gasteiger partial charge in [-0.1, -0.05) is 49.7 Å². The fourth-order valence-electron chi connectivity index (χ4n) is 2.62. The molecule has 2 nitrogen and oxygen atoms in total. The van der Waals surface area contributed by atoms with Crippen molar-refractivity contribution < 1.29 is 0 Å². The molecule has 2 rings (SSSR count). The first-order valence-corrected chi connectivity index (χ1v) is 8.22. The molecule has 0 spiro atoms. The highest BCUT2D eigenvalue weighted by Crippen LogP contribution is 2.23. The lowest BCUT2D eigenvalue weighted by atomic mass is 10.0. The Morgan fingerprint density at radius 2 is 1.59 bits per heavy atom. The summed E-state index contributed by atoms with van der Waals surface area (Å²) in [5, 5.41) is 7.34. The van der Waals surface area contributed by atoms with E-state index in [9.17, 15) is 0 Å². The smallest absolute Gasteiger partial charge is 0.175 e. The minimum Gasteiger partial charge on any atom is -0.332 e. The number of anilines is 2. The zero-order valence-electron chi connectivity index (χ0n) is 13.8. The van der Waals surface area contributed by atoms with Gasteiger partial charge in [-0.25, -0.2) is 0 Å². The van der Waals surface area contributed by atoms with Crippen LogP contribution in [0.3, 0.4) is 0 Å². The van der Waals surface area contributed by atoms with E-state index >= 15 is 0 Å². The van der Waals surface area contributed by atoms with Crippen LogP contribution in [0.25, 0.3) is 0 Å². The average molecular weight is 312 g/mol. The van der Waals surface area contributed by atoms with E-state index in [0.29, 0.717) is 5.11 Å². The van der Waals surface area contributed by atoms with E-state index in [2.05, 4.69) is 74.7 Å². The summed E-state index contributed by atoms with van der Waals surface area (Å²) < 4.78 is 0. The molecule has 2 aromatic carbocycles. The molecule has 0 amide bonds. The number of nitrogens with one attached hydrogen (secondary N) is 2. The summed E-state index contributed by atoms with van der Waals surface area (Å²) >= 11 is 5.50. The monoisotopic (exact) mass is 312 g/mol. The average Bonchev–Trinajstić information content (AvgIpc) is 2.50. The van der Waals surface area contributed by atoms with Gasteiger partial charge in [0.05, 0.1) is 0 Å². The number of para-hydroxylation sites is 1. The molecule has 0 radical (unpaired) electrons. The van der Waals surface area contributed by atoms with Gasteiger partial charge < -0.3 is 10.6 Å². The number of benzene rings is 2. The van der Waals surface area contributed by atoms with E-state index in [1.54, 1.807) is 0 Å². The Kier molecular flexibility index (Phi) is 5.56. The minimum absolute atomic E-state index is 0.641. The van der Waals surface area contributed by atoms with Crippen LogP contribution in [-0.2, 0) is 12.8 Å². The maximum absolute atomic E-state index is 5.50. The Labute approximate surface area is 139 Å². The number of hydrogen-bond donors (Lipinski definition) is 2. The predicted octanol–water partition coefficient (Wildman–Crippen LogP) is 5.24. The van der Waals surface area contributed by atoms with E-state index < -0.39 is 0 Å². The van der Waals surface area contributed by atoms with Gasteiger partial charge in [-0.2, -0.15) is 0 Å². The first-order chi connectivity index (χ1) is 10.5. The second kappa shape index (κ2) is 7.41. The number of thiocarbonyl (C=S) groups is 1. The van der Waals surface area contributed by atoms with Gasteiger partial charge >= 0.3 is 0 Å². The van der Waals surface area contributed by atoms with Gasteiger partial charge in [0.2, 0.25) is 0 Å². The molecule has 0 aliphatic heterocycles. The Morgan fingerprint density at radius 3 is 2.14 bits per heavy atom. The molecular weight excluding hydrogens is 288 g/mol. The summed E-state index contributed by atoms with van der Waals surface area (Å²) in [5.41, 5.74) is 7.24. The van der Waals surface area contributed by atoms with Crippen LogP contribution in [0.5, 0.6) is 0 Å². The fourth-order valence-corrected chi connectivity index (χ4v) is 2.84. The normalized spacial score (nSPS) is 10.4. The topological polar surface area (TPSA) is 24.1 Å². The molecule has 22 heavy (non-hydrogen) atoms. The van der Waals surface area contributed by atoms with Crippen molar-refractivity contribution in [3.05, 3.63) is 58.7 Å². The SMILES string of the molecule is CCc1cccc(CC)c1NC(=S)Nc1ccc(C)cc1C. The Balaban J connectivity index is 2.19. The third-order valence-corrected chi connectivity index (χ3v) is 4.07. The summed E-state index contributed by atoms with van der Waals surface area (Å²) in [6.07, 6.45) is 1.98. The third-order valence-electron chi connectivity index (χ3n) is 3.87. The van der Waals surface area contributed by atoms with Crippen LogP contribution in [0.15, 0.2) is 36.4 Å². The molecule has 0 saturated carbocycles. The molecule has 3 heteroatoms. The zero-order valence-corrected chi connectivity index (χ0v) is 14.6. The molecule has 0 aromatic heterocycles. The molecule has 0 aliphatic rings. The van der Waals surface area contributed by atoms with Gasteiger partial charge in [0.1, 0.15) is 0 Å². The van der Waals surface area contributed by atoms with Gasteiger partial charge in [0, 0.05) is 11.4 Å². The van der Waals surface area contributed by atoms with Crippen molar-refractivity contribution in [3.63, 3.8) is 0 Å². The lowest BCUT2D eigenvalue weighted by Crippen LogP contribution is -2.21. The molecule has 0 heterocycles. The fraction of sp³-hybridized carbons (Fsp3) is 0.316. The maximum Gasteiger partial charge on any atom is 0.175 e. The van der Waals surface area contributed by atoms with Crippen molar-refractivity contribution in [1.29, 1.82) is 0 Å². The molecule has 0 atom stereocenters. The summed E-state index contributed by atoms with van der Waals surface area (Å²) in [4.78, 5) is 0. The van der Waals surface area contributed by atoms with Crippen LogP contribution >= 0.6 is 12.2 Å². The Morgan fingerprint density at radius 1 is 0.955 bits per heavy atom. The highest BCUT2D eigenvalue weighted by Gasteiger charge is 2.08. The van der Waals surface area contributed by atoms with Crippen LogP contribution < -0.4 is 10.6 Å². The van der Waals surface area contributed by atoms with Crippen molar-refractivity contribution in [1.82, 2.24) is 0 Å². The van der Waals surface area contributed by atoms with Crippen LogP contribution in [0.4, 0.5) is 11.4 Å². The number of aryl methyl sites for hydroxylation is 4. The predicted molar refractivity (Wildman–Crippen MR) is 101 cm³/mol. The summed E-state index contributed by atoms with van der Waals surface area (Å²) in [5.74, 6) is 0. The summed E-state index contributed by atoms with van der Waals surface area (Å²) in [6, 6.07) is 12.7. The Hall–Kier alpha value is -1.87. The lowest BCUT2D eigenvalue weighted by Gasteiger charge is -2.18. The van der Waals surface area contributed by atoms with Crippen molar-refractivity contribution >= 4 is 28.7 Å². The molecule has 0 bridgehead atoms. The van der Waals surface area contributed by atoms with Gasteiger partial charge in [0.25, 0.3) is 0 Å². The van der Waals surface area contributed by atoms with Gasteiger partial charge in [-0.15, -0.1) is 0 Å². The highest BCUT2D eigenvalue weighted by molar-refractivity contribution is 7.80. The summed E-state index contributed by atoms with van der Waals surface area (Å²) in [7, 11) is 0. The van der Waals surface area contributed by atoms with Crippen LogP contribution in [0.1, 0.15) is 36.1 Å². The molecule has 116 valence electrons. The molecule has 0 saturated heterocycles. The van der Waals surface area contributed by atoms with E-state index in [-0.39, 0.29) is 0 Å². The first-order valence-electron chi connectivity index (χ1n) is 7.81. The van der Waals surface area contributed by atoms with Crippen molar-refractivity contribution in [3.8, 4) is 0 Å². The van der Waals surface area contributed by atoms with Gasteiger partial charge in [-0.05, 0) is 61.7 Å². The standard InChI is InChI=1S/C19H24N2S/c1-5-15-8-7-9-16(6-2)18(15)21-19(22)20-17-11-10-13(3)12-14(17)4/h7-12H,5-6H2,1-4H3,(H2,20,21,22). The van der Waals surface area contributed by atoms with Gasteiger partial charge in [-0.3, -0.25) is 0 Å². The highest BCUT2D eigenvalue weighted by atomic mass is 32.1. The quantitative estimate of drug-likeness (QED) is 0.755. The molecule has 0 fully saturated rings. The van der Waals surface area contributed by atoms with Gasteiger partial charge in [0.15, 0.2) is 5.11 Å². The van der Waals surface area contributed by atoms with Crippen LogP contribution in [0, 0.1) is 13.8 Å². The second-order valence-electron chi connectivity index (χ2n) is 5.56. The van der Waals surface area contributed by atoms with Crippen molar-refractivity contribution in [2.45, 2.75) is 40.5 Å². The van der Waals surface area contributed by atoms with Crippen molar-refractivity contribution in [2.75, 3.05) is 10.6 Å². The molecule has 0 unspecified atom stereocenters. The van der Waals surface area contributed by atoms with Crippen molar-refractivity contribution in [2.24, 2.45) is 0 Å². The van der Waals surface area contributed by atoms with E-state index in [1.807, 2.05) is 0 Å². The van der Waals surface area contributed by atoms with Crippen LogP contribution in [0.2, 0.25) is 0 Å². The minimum atomic E-state index is 0.641. The maximum atomic E-state index is 5.50. The third kappa shape index (κ3) is 3.86.